The molecule has 0 amide bonds. The van der Waals surface area contributed by atoms with Crippen LogP contribution in [-0.4, -0.2) is 62.0 Å². The molecule has 0 radical (unpaired) electrons. The summed E-state index contributed by atoms with van der Waals surface area (Å²) >= 11 is 0. The topological polar surface area (TPSA) is 59.0 Å². The van der Waals surface area contributed by atoms with Crippen LogP contribution in [0.25, 0.3) is 0 Å². The van der Waals surface area contributed by atoms with E-state index < -0.39 is 0 Å². The summed E-state index contributed by atoms with van der Waals surface area (Å²) in [5.74, 6) is -0.0148. The molecule has 0 spiro atoms. The molecule has 0 saturated carbocycles. The van der Waals surface area contributed by atoms with E-state index in [0.717, 1.165) is 38.9 Å². The van der Waals surface area contributed by atoms with Crippen LogP contribution in [0.1, 0.15) is 136 Å². The quantitative estimate of drug-likeness (QED) is 0.0931. The highest BCUT2D eigenvalue weighted by molar-refractivity contribution is 5.69. The lowest BCUT2D eigenvalue weighted by atomic mass is 10.1. The van der Waals surface area contributed by atoms with Gasteiger partial charge in [0.2, 0.25) is 0 Å². The number of esters is 1. The van der Waals surface area contributed by atoms with Gasteiger partial charge in [-0.15, -0.1) is 0 Å². The van der Waals surface area contributed by atoms with E-state index in [1.54, 1.807) is 0 Å². The van der Waals surface area contributed by atoms with E-state index in [1.807, 2.05) is 0 Å². The SMILES string of the molecule is CCCCCCCCCOC(=O)CCCCCCCN(CCCCCCCC)CCOCCO. The fourth-order valence-corrected chi connectivity index (χ4v) is 4.26. The average Bonchev–Trinajstić information content (AvgIpc) is 2.84. The number of hydrogen-bond donors (Lipinski definition) is 1. The normalized spacial score (nSPS) is 11.4. The minimum absolute atomic E-state index is 0.0148. The standard InChI is InChI=1S/C29H59NO4/c1-3-5-7-9-11-16-20-26-34-29(32)21-17-13-12-15-19-23-30(24-27-33-28-25-31)22-18-14-10-8-6-4-2/h31H,3-28H2,1-2H3. The molecule has 34 heavy (non-hydrogen) atoms. The van der Waals surface area contributed by atoms with Crippen LogP contribution >= 0.6 is 0 Å². The molecular weight excluding hydrogens is 426 g/mol. The summed E-state index contributed by atoms with van der Waals surface area (Å²) in [6, 6.07) is 0. The Balaban J connectivity index is 3.67. The van der Waals surface area contributed by atoms with E-state index >= 15 is 0 Å². The van der Waals surface area contributed by atoms with E-state index in [9.17, 15) is 4.79 Å². The molecule has 204 valence electrons. The maximum atomic E-state index is 11.9. The first-order chi connectivity index (χ1) is 16.7. The number of rotatable bonds is 28. The molecule has 1 N–H and O–H groups in total. The van der Waals surface area contributed by atoms with Crippen molar-refractivity contribution in [2.45, 2.75) is 136 Å². The average molecular weight is 486 g/mol. The molecular formula is C29H59NO4. The van der Waals surface area contributed by atoms with Crippen molar-refractivity contribution in [3.63, 3.8) is 0 Å². The van der Waals surface area contributed by atoms with Crippen molar-refractivity contribution in [1.29, 1.82) is 0 Å². The van der Waals surface area contributed by atoms with E-state index in [0.29, 0.717) is 26.2 Å². The van der Waals surface area contributed by atoms with Crippen molar-refractivity contribution in [2.24, 2.45) is 0 Å². The molecule has 0 aliphatic heterocycles. The van der Waals surface area contributed by atoms with Crippen LogP contribution in [0.2, 0.25) is 0 Å². The van der Waals surface area contributed by atoms with E-state index in [-0.39, 0.29) is 12.6 Å². The molecule has 0 atom stereocenters. The van der Waals surface area contributed by atoms with Gasteiger partial charge < -0.3 is 19.5 Å². The van der Waals surface area contributed by atoms with Gasteiger partial charge in [0.05, 0.1) is 26.4 Å². The summed E-state index contributed by atoms with van der Waals surface area (Å²) < 4.78 is 10.9. The summed E-state index contributed by atoms with van der Waals surface area (Å²) in [5, 5.41) is 8.88. The molecule has 0 unspecified atom stereocenters. The van der Waals surface area contributed by atoms with Crippen LogP contribution in [0, 0.1) is 0 Å². The lowest BCUT2D eigenvalue weighted by molar-refractivity contribution is -0.143. The minimum Gasteiger partial charge on any atom is -0.466 e. The summed E-state index contributed by atoms with van der Waals surface area (Å²) in [7, 11) is 0. The van der Waals surface area contributed by atoms with Crippen molar-refractivity contribution in [1.82, 2.24) is 4.90 Å². The highest BCUT2D eigenvalue weighted by atomic mass is 16.5. The molecule has 5 heteroatoms. The summed E-state index contributed by atoms with van der Waals surface area (Å²) in [6.45, 7) is 9.58. The molecule has 0 aliphatic rings. The van der Waals surface area contributed by atoms with E-state index in [1.165, 1.54) is 96.3 Å². The number of nitrogens with zero attached hydrogens (tertiary/aromatic N) is 1. The number of unbranched alkanes of at least 4 members (excludes halogenated alkanes) is 15. The van der Waals surface area contributed by atoms with Crippen LogP contribution in [0.4, 0.5) is 0 Å². The Kier molecular flexibility index (Phi) is 28.0. The second-order valence-corrected chi connectivity index (χ2v) is 9.80. The molecule has 0 aliphatic carbocycles. The lowest BCUT2D eigenvalue weighted by Gasteiger charge is -2.22. The second kappa shape index (κ2) is 28.6. The highest BCUT2D eigenvalue weighted by Gasteiger charge is 2.06. The van der Waals surface area contributed by atoms with Gasteiger partial charge in [-0.05, 0) is 38.8 Å². The van der Waals surface area contributed by atoms with Crippen LogP contribution in [0.3, 0.4) is 0 Å². The first kappa shape index (κ1) is 33.4. The van der Waals surface area contributed by atoms with Crippen molar-refractivity contribution in [3.8, 4) is 0 Å². The zero-order valence-electron chi connectivity index (χ0n) is 23.0. The number of carbonyl (C=O) groups is 1. The highest BCUT2D eigenvalue weighted by Crippen LogP contribution is 2.10. The van der Waals surface area contributed by atoms with Crippen LogP contribution in [-0.2, 0) is 14.3 Å². The summed E-state index contributed by atoms with van der Waals surface area (Å²) in [6.07, 6.45) is 23.0. The first-order valence-electron chi connectivity index (χ1n) is 14.8. The van der Waals surface area contributed by atoms with Gasteiger partial charge in [-0.1, -0.05) is 104 Å². The Bertz CT molecular complexity index is 406. The molecule has 0 heterocycles. The van der Waals surface area contributed by atoms with Crippen LogP contribution in [0.15, 0.2) is 0 Å². The Morgan fingerprint density at radius 3 is 1.65 bits per heavy atom. The Hall–Kier alpha value is -0.650. The Morgan fingerprint density at radius 1 is 0.588 bits per heavy atom. The summed E-state index contributed by atoms with van der Waals surface area (Å²) in [4.78, 5) is 14.4. The van der Waals surface area contributed by atoms with Gasteiger partial charge in [0.1, 0.15) is 0 Å². The fourth-order valence-electron chi connectivity index (χ4n) is 4.26. The third kappa shape index (κ3) is 26.0. The monoisotopic (exact) mass is 485 g/mol. The molecule has 0 aromatic carbocycles. The Labute approximate surface area is 212 Å². The number of carbonyl (C=O) groups excluding carboxylic acids is 1. The third-order valence-electron chi connectivity index (χ3n) is 6.48. The van der Waals surface area contributed by atoms with Gasteiger partial charge in [0.25, 0.3) is 0 Å². The molecule has 0 aromatic heterocycles. The second-order valence-electron chi connectivity index (χ2n) is 9.80. The van der Waals surface area contributed by atoms with Gasteiger partial charge in [-0.25, -0.2) is 0 Å². The zero-order valence-corrected chi connectivity index (χ0v) is 23.0. The predicted molar refractivity (Wildman–Crippen MR) is 144 cm³/mol. The molecule has 0 aromatic rings. The number of aliphatic hydroxyl groups is 1. The predicted octanol–water partition coefficient (Wildman–Crippen LogP) is 7.29. The maximum absolute atomic E-state index is 11.9. The molecule has 0 saturated heterocycles. The van der Waals surface area contributed by atoms with Crippen molar-refractivity contribution < 1.29 is 19.4 Å². The van der Waals surface area contributed by atoms with Gasteiger partial charge >= 0.3 is 5.97 Å². The fraction of sp³-hybridized carbons (Fsp3) is 0.966. The van der Waals surface area contributed by atoms with E-state index in [4.69, 9.17) is 14.6 Å². The number of aliphatic hydroxyl groups excluding tert-OH is 1. The largest absolute Gasteiger partial charge is 0.466 e. The lowest BCUT2D eigenvalue weighted by Crippen LogP contribution is -2.30. The van der Waals surface area contributed by atoms with Gasteiger partial charge in [0.15, 0.2) is 0 Å². The maximum Gasteiger partial charge on any atom is 0.305 e. The van der Waals surface area contributed by atoms with Crippen molar-refractivity contribution in [2.75, 3.05) is 46.1 Å². The van der Waals surface area contributed by atoms with Gasteiger partial charge in [0, 0.05) is 13.0 Å². The number of ether oxygens (including phenoxy) is 2. The smallest absolute Gasteiger partial charge is 0.305 e. The van der Waals surface area contributed by atoms with Crippen LogP contribution < -0.4 is 0 Å². The minimum atomic E-state index is -0.0148. The molecule has 0 bridgehead atoms. The molecule has 0 rings (SSSR count). The number of hydrogen-bond acceptors (Lipinski definition) is 5. The van der Waals surface area contributed by atoms with Crippen LogP contribution in [0.5, 0.6) is 0 Å². The molecule has 5 nitrogen and oxygen atoms in total. The summed E-state index contributed by atoms with van der Waals surface area (Å²) in [5.41, 5.74) is 0. The van der Waals surface area contributed by atoms with Gasteiger partial charge in [-0.3, -0.25) is 4.79 Å². The van der Waals surface area contributed by atoms with Gasteiger partial charge in [-0.2, -0.15) is 0 Å². The molecule has 0 fully saturated rings. The van der Waals surface area contributed by atoms with E-state index in [2.05, 4.69) is 18.7 Å². The van der Waals surface area contributed by atoms with Crippen molar-refractivity contribution >= 4 is 5.97 Å². The van der Waals surface area contributed by atoms with Crippen molar-refractivity contribution in [3.05, 3.63) is 0 Å². The Morgan fingerprint density at radius 2 is 1.09 bits per heavy atom. The zero-order chi connectivity index (χ0) is 25.0. The first-order valence-corrected chi connectivity index (χ1v) is 14.8. The third-order valence-corrected chi connectivity index (χ3v) is 6.48.